The van der Waals surface area contributed by atoms with Gasteiger partial charge < -0.3 is 5.11 Å². The summed E-state index contributed by atoms with van der Waals surface area (Å²) in [7, 11) is 0.0554. The van der Waals surface area contributed by atoms with Crippen LogP contribution in [0.25, 0.3) is 0 Å². The Hall–Kier alpha value is 0.250. The van der Waals surface area contributed by atoms with Crippen LogP contribution in [-0.2, 0) is 14.5 Å². The van der Waals surface area contributed by atoms with Crippen molar-refractivity contribution in [3.05, 3.63) is 30.3 Å². The fourth-order valence-electron chi connectivity index (χ4n) is 1.21. The van der Waals surface area contributed by atoms with Crippen molar-refractivity contribution >= 4 is 39.8 Å². The summed E-state index contributed by atoms with van der Waals surface area (Å²) < 4.78 is 17.6. The molecular formula is C10H18NNaO3S. The fraction of sp³-hybridized carbons (Fsp3) is 0.400. The first-order valence-electron chi connectivity index (χ1n) is 4.67. The normalized spacial score (nSPS) is 14.3. The summed E-state index contributed by atoms with van der Waals surface area (Å²) in [6.45, 7) is 1.47. The SMILES string of the molecule is CC(O)[SH](=O)(ON(C)C)c1ccccc1.[NaH]. The first kappa shape index (κ1) is 16.2. The molecule has 0 aromatic heterocycles. The van der Waals surface area contributed by atoms with Gasteiger partial charge in [0.2, 0.25) is 0 Å². The molecule has 0 amide bonds. The molecule has 1 unspecified atom stereocenters. The summed E-state index contributed by atoms with van der Waals surface area (Å²) in [6, 6.07) is 8.74. The van der Waals surface area contributed by atoms with Gasteiger partial charge in [-0.2, -0.15) is 9.35 Å². The third-order valence-electron chi connectivity index (χ3n) is 1.89. The zero-order chi connectivity index (χ0) is 11.5. The quantitative estimate of drug-likeness (QED) is 0.457. The summed E-state index contributed by atoms with van der Waals surface area (Å²) in [4.78, 5) is 0.522. The molecule has 0 heterocycles. The molecule has 1 rings (SSSR count). The minimum atomic E-state index is -3.22. The van der Waals surface area contributed by atoms with Crippen LogP contribution in [-0.4, -0.2) is 63.5 Å². The fourth-order valence-corrected chi connectivity index (χ4v) is 2.94. The Morgan fingerprint density at radius 3 is 2.19 bits per heavy atom. The number of hydrogen-bond donors (Lipinski definition) is 2. The van der Waals surface area contributed by atoms with Crippen LogP contribution in [0.3, 0.4) is 0 Å². The van der Waals surface area contributed by atoms with Crippen LogP contribution in [0.4, 0.5) is 0 Å². The van der Waals surface area contributed by atoms with Crippen molar-refractivity contribution in [2.75, 3.05) is 14.1 Å². The van der Waals surface area contributed by atoms with Crippen LogP contribution in [0.5, 0.6) is 0 Å². The molecule has 16 heavy (non-hydrogen) atoms. The number of nitrogens with zero attached hydrogens (tertiary/aromatic N) is 1. The second-order valence-corrected chi connectivity index (χ2v) is 6.08. The molecule has 0 aliphatic carbocycles. The van der Waals surface area contributed by atoms with Crippen molar-refractivity contribution in [3.63, 3.8) is 0 Å². The standard InChI is InChI=1S/C10H17NO3S.Na.H/c1-9(12)15(13,14-11(2)3)10-7-5-4-6-8-10;;/h4-9,12,15H,1-3H3;;. The van der Waals surface area contributed by atoms with Crippen LogP contribution in [0.15, 0.2) is 35.2 Å². The summed E-state index contributed by atoms with van der Waals surface area (Å²) >= 11 is 0. The molecule has 4 nitrogen and oxygen atoms in total. The molecule has 0 spiro atoms. The molecule has 0 saturated carbocycles. The van der Waals surface area contributed by atoms with Crippen molar-refractivity contribution in [3.8, 4) is 0 Å². The van der Waals surface area contributed by atoms with E-state index in [-0.39, 0.29) is 29.6 Å². The molecule has 1 aromatic rings. The number of thiol groups is 1. The van der Waals surface area contributed by atoms with Gasteiger partial charge in [-0.05, 0) is 19.1 Å². The average molecular weight is 255 g/mol. The molecule has 1 atom stereocenters. The number of aliphatic hydroxyl groups is 1. The number of hydroxylamine groups is 2. The van der Waals surface area contributed by atoms with Gasteiger partial charge in [-0.25, -0.2) is 4.21 Å². The van der Waals surface area contributed by atoms with Crippen LogP contribution in [0.2, 0.25) is 0 Å². The van der Waals surface area contributed by atoms with E-state index in [1.807, 2.05) is 6.07 Å². The van der Waals surface area contributed by atoms with Gasteiger partial charge in [-0.1, -0.05) is 18.2 Å². The van der Waals surface area contributed by atoms with E-state index in [0.29, 0.717) is 4.90 Å². The predicted octanol–water partition coefficient (Wildman–Crippen LogP) is 0.160. The molecule has 0 fully saturated rings. The van der Waals surface area contributed by atoms with Crippen molar-refractivity contribution in [2.24, 2.45) is 0 Å². The van der Waals surface area contributed by atoms with Crippen molar-refractivity contribution in [1.29, 1.82) is 0 Å². The van der Waals surface area contributed by atoms with E-state index in [2.05, 4.69) is 0 Å². The summed E-state index contributed by atoms with van der Waals surface area (Å²) in [5.41, 5.74) is -1.03. The first-order valence-corrected chi connectivity index (χ1v) is 6.36. The Bertz CT molecular complexity index is 356. The third kappa shape index (κ3) is 3.92. The summed E-state index contributed by atoms with van der Waals surface area (Å²) in [6.07, 6.45) is 0. The predicted molar refractivity (Wildman–Crippen MR) is 67.8 cm³/mol. The van der Waals surface area contributed by atoms with Gasteiger partial charge in [0.15, 0.2) is 0 Å². The molecular weight excluding hydrogens is 237 g/mol. The summed E-state index contributed by atoms with van der Waals surface area (Å²) in [5.74, 6) is 0. The van der Waals surface area contributed by atoms with Crippen molar-refractivity contribution in [1.82, 2.24) is 5.06 Å². The molecule has 0 aliphatic rings. The number of benzene rings is 1. The van der Waals surface area contributed by atoms with Gasteiger partial charge in [0.05, 0.1) is 4.90 Å². The van der Waals surface area contributed by atoms with Crippen LogP contribution in [0.1, 0.15) is 6.92 Å². The average Bonchev–Trinajstić information content (AvgIpc) is 2.17. The molecule has 0 saturated heterocycles. The molecule has 0 bridgehead atoms. The maximum absolute atomic E-state index is 12.4. The van der Waals surface area contributed by atoms with Crippen LogP contribution in [0, 0.1) is 0 Å². The van der Waals surface area contributed by atoms with Gasteiger partial charge in [-0.3, -0.25) is 0 Å². The van der Waals surface area contributed by atoms with E-state index in [4.69, 9.17) is 4.28 Å². The number of rotatable bonds is 4. The minimum absolute atomic E-state index is 0. The van der Waals surface area contributed by atoms with E-state index >= 15 is 0 Å². The Kier molecular flexibility index (Phi) is 6.96. The number of aliphatic hydroxyl groups excluding tert-OH is 1. The van der Waals surface area contributed by atoms with Gasteiger partial charge in [0.1, 0.15) is 5.44 Å². The monoisotopic (exact) mass is 255 g/mol. The van der Waals surface area contributed by atoms with Crippen LogP contribution < -0.4 is 0 Å². The molecule has 1 N–H and O–H groups in total. The summed E-state index contributed by atoms with van der Waals surface area (Å²) in [5, 5.41) is 10.9. The topological polar surface area (TPSA) is 49.8 Å². The number of hydrogen-bond acceptors (Lipinski definition) is 4. The molecule has 0 radical (unpaired) electrons. The first-order chi connectivity index (χ1) is 6.97. The van der Waals surface area contributed by atoms with Crippen LogP contribution >= 0.6 is 0 Å². The maximum atomic E-state index is 12.4. The zero-order valence-corrected chi connectivity index (χ0v) is 10.0. The second kappa shape index (κ2) is 6.86. The van der Waals surface area contributed by atoms with E-state index in [9.17, 15) is 9.32 Å². The van der Waals surface area contributed by atoms with Gasteiger partial charge in [0.25, 0.3) is 0 Å². The molecule has 88 valence electrons. The molecule has 6 heteroatoms. The Balaban J connectivity index is 0.00000225. The van der Waals surface area contributed by atoms with Crippen molar-refractivity contribution < 1.29 is 13.6 Å². The van der Waals surface area contributed by atoms with E-state index in [0.717, 1.165) is 0 Å². The van der Waals surface area contributed by atoms with Crippen molar-refractivity contribution in [2.45, 2.75) is 17.3 Å². The van der Waals surface area contributed by atoms with E-state index < -0.39 is 15.6 Å². The van der Waals surface area contributed by atoms with Gasteiger partial charge in [0, 0.05) is 14.1 Å². The van der Waals surface area contributed by atoms with Gasteiger partial charge >= 0.3 is 29.6 Å². The molecule has 0 aliphatic heterocycles. The Morgan fingerprint density at radius 2 is 1.81 bits per heavy atom. The Labute approximate surface area is 119 Å². The third-order valence-corrected chi connectivity index (χ3v) is 4.46. The van der Waals surface area contributed by atoms with E-state index in [1.165, 1.54) is 12.0 Å². The second-order valence-electron chi connectivity index (χ2n) is 3.46. The zero-order valence-electron chi connectivity index (χ0n) is 9.12. The van der Waals surface area contributed by atoms with Gasteiger partial charge in [-0.15, -0.1) is 10.2 Å². The molecule has 1 aromatic carbocycles. The van der Waals surface area contributed by atoms with E-state index in [1.54, 1.807) is 38.4 Å². The Morgan fingerprint density at radius 1 is 1.31 bits per heavy atom.